The van der Waals surface area contributed by atoms with Crippen LogP contribution >= 0.6 is 0 Å². The van der Waals surface area contributed by atoms with Crippen LogP contribution in [0.4, 0.5) is 4.79 Å². The quantitative estimate of drug-likeness (QED) is 0.289. The van der Waals surface area contributed by atoms with Gasteiger partial charge in [-0.25, -0.2) is 22.3 Å². The Hall–Kier alpha value is -4.43. The van der Waals surface area contributed by atoms with Gasteiger partial charge in [-0.15, -0.1) is 0 Å². The lowest BCUT2D eigenvalue weighted by molar-refractivity contribution is -0.146. The predicted octanol–water partition coefficient (Wildman–Crippen LogP) is 5.49. The number of amides is 2. The van der Waals surface area contributed by atoms with Crippen LogP contribution in [0.25, 0.3) is 0 Å². The summed E-state index contributed by atoms with van der Waals surface area (Å²) >= 11 is 0. The largest absolute Gasteiger partial charge is 0.467 e. The average Bonchev–Trinajstić information content (AvgIpc) is 3.28. The standard InChI is InChI=1S/C31H28N2O5S/c1-22-18-20-26(21-19-22)39(36,37)33-28(25-16-10-5-11-17-25)29(30(34)38-2)32(31(33)35)27(23-12-6-3-7-13-23)24-14-8-4-9-15-24/h3-21,27-29H,1-2H3. The number of nitrogens with zero attached hydrogens (tertiary/aromatic N) is 2. The number of hydrogen-bond donors (Lipinski definition) is 0. The van der Waals surface area contributed by atoms with Gasteiger partial charge in [0.05, 0.1) is 18.0 Å². The molecule has 39 heavy (non-hydrogen) atoms. The van der Waals surface area contributed by atoms with Crippen LogP contribution in [0.15, 0.2) is 120 Å². The number of methoxy groups -OCH3 is 1. The fraction of sp³-hybridized carbons (Fsp3) is 0.161. The van der Waals surface area contributed by atoms with Gasteiger partial charge in [0.1, 0.15) is 6.04 Å². The lowest BCUT2D eigenvalue weighted by atomic mass is 9.93. The number of carbonyl (C=O) groups is 2. The zero-order valence-corrected chi connectivity index (χ0v) is 22.4. The van der Waals surface area contributed by atoms with Crippen LogP contribution in [0.3, 0.4) is 0 Å². The molecule has 0 aliphatic carbocycles. The highest BCUT2D eigenvalue weighted by molar-refractivity contribution is 7.89. The molecule has 2 amide bonds. The molecule has 7 nitrogen and oxygen atoms in total. The van der Waals surface area contributed by atoms with Gasteiger partial charge < -0.3 is 4.74 Å². The molecule has 8 heteroatoms. The molecular formula is C31H28N2O5S. The van der Waals surface area contributed by atoms with E-state index < -0.39 is 40.1 Å². The maximum Gasteiger partial charge on any atom is 0.336 e. The Labute approximate surface area is 228 Å². The minimum absolute atomic E-state index is 0.0381. The monoisotopic (exact) mass is 540 g/mol. The Balaban J connectivity index is 1.77. The van der Waals surface area contributed by atoms with Crippen LogP contribution in [0.1, 0.15) is 34.3 Å². The van der Waals surface area contributed by atoms with Crippen LogP contribution in [-0.4, -0.2) is 42.8 Å². The van der Waals surface area contributed by atoms with Crippen molar-refractivity contribution in [3.8, 4) is 0 Å². The second-order valence-electron chi connectivity index (χ2n) is 9.35. The molecule has 5 rings (SSSR count). The number of hydrogen-bond acceptors (Lipinski definition) is 5. The molecule has 1 heterocycles. The average molecular weight is 541 g/mol. The second-order valence-corrected chi connectivity index (χ2v) is 11.2. The summed E-state index contributed by atoms with van der Waals surface area (Å²) in [5.74, 6) is -0.712. The molecule has 0 N–H and O–H groups in total. The number of urea groups is 1. The van der Waals surface area contributed by atoms with Crippen molar-refractivity contribution < 1.29 is 22.7 Å². The van der Waals surface area contributed by atoms with Gasteiger partial charge in [-0.2, -0.15) is 0 Å². The smallest absolute Gasteiger partial charge is 0.336 e. The maximum atomic E-state index is 14.5. The molecular weight excluding hydrogens is 512 g/mol. The van der Waals surface area contributed by atoms with Crippen LogP contribution < -0.4 is 0 Å². The number of benzene rings is 4. The number of carbonyl (C=O) groups excluding carboxylic acids is 2. The third-order valence-electron chi connectivity index (χ3n) is 6.93. The van der Waals surface area contributed by atoms with Gasteiger partial charge in [0, 0.05) is 0 Å². The van der Waals surface area contributed by atoms with E-state index >= 15 is 0 Å². The van der Waals surface area contributed by atoms with Crippen molar-refractivity contribution in [2.75, 3.05) is 7.11 Å². The Morgan fingerprint density at radius 3 is 1.74 bits per heavy atom. The number of sulfonamides is 1. The second kappa shape index (κ2) is 10.7. The van der Waals surface area contributed by atoms with Gasteiger partial charge in [0.25, 0.3) is 10.0 Å². The van der Waals surface area contributed by atoms with Gasteiger partial charge in [-0.05, 0) is 35.7 Å². The molecule has 0 spiro atoms. The molecule has 198 valence electrons. The lowest BCUT2D eigenvalue weighted by Crippen LogP contribution is -2.43. The van der Waals surface area contributed by atoms with Crippen molar-refractivity contribution in [3.63, 3.8) is 0 Å². The van der Waals surface area contributed by atoms with E-state index in [9.17, 15) is 18.0 Å². The number of aryl methyl sites for hydroxylation is 1. The Morgan fingerprint density at radius 2 is 1.26 bits per heavy atom. The molecule has 1 aliphatic rings. The first-order valence-corrected chi connectivity index (χ1v) is 13.9. The van der Waals surface area contributed by atoms with E-state index in [0.717, 1.165) is 21.0 Å². The van der Waals surface area contributed by atoms with Gasteiger partial charge in [0.2, 0.25) is 0 Å². The highest BCUT2D eigenvalue weighted by atomic mass is 32.2. The third-order valence-corrected chi connectivity index (χ3v) is 8.70. The topological polar surface area (TPSA) is 84.0 Å². The molecule has 4 aromatic rings. The molecule has 2 atom stereocenters. The maximum absolute atomic E-state index is 14.5. The summed E-state index contributed by atoms with van der Waals surface area (Å²) < 4.78 is 34.4. The van der Waals surface area contributed by atoms with Gasteiger partial charge in [0.15, 0.2) is 6.04 Å². The minimum Gasteiger partial charge on any atom is -0.467 e. The van der Waals surface area contributed by atoms with E-state index in [1.165, 1.54) is 24.1 Å². The highest BCUT2D eigenvalue weighted by Crippen LogP contribution is 2.45. The van der Waals surface area contributed by atoms with Crippen molar-refractivity contribution >= 4 is 22.0 Å². The normalized spacial score (nSPS) is 17.5. The Bertz CT molecular complexity index is 1520. The van der Waals surface area contributed by atoms with Gasteiger partial charge in [-0.3, -0.25) is 4.90 Å². The van der Waals surface area contributed by atoms with E-state index in [0.29, 0.717) is 5.56 Å². The molecule has 0 aromatic heterocycles. The van der Waals surface area contributed by atoms with E-state index in [1.54, 1.807) is 42.5 Å². The van der Waals surface area contributed by atoms with Crippen molar-refractivity contribution in [2.45, 2.75) is 29.9 Å². The molecule has 4 aromatic carbocycles. The summed E-state index contributed by atoms with van der Waals surface area (Å²) in [6.45, 7) is 1.85. The molecule has 2 unspecified atom stereocenters. The van der Waals surface area contributed by atoms with Crippen LogP contribution in [0.5, 0.6) is 0 Å². The Morgan fingerprint density at radius 1 is 0.769 bits per heavy atom. The van der Waals surface area contributed by atoms with Crippen molar-refractivity contribution in [1.82, 2.24) is 9.21 Å². The van der Waals surface area contributed by atoms with Crippen molar-refractivity contribution in [2.24, 2.45) is 0 Å². The zero-order valence-electron chi connectivity index (χ0n) is 21.5. The number of rotatable bonds is 7. The van der Waals surface area contributed by atoms with Gasteiger partial charge >= 0.3 is 12.0 Å². The first kappa shape index (κ1) is 26.2. The predicted molar refractivity (Wildman–Crippen MR) is 147 cm³/mol. The summed E-state index contributed by atoms with van der Waals surface area (Å²) in [6, 6.07) is 29.6. The summed E-state index contributed by atoms with van der Waals surface area (Å²) in [5, 5.41) is 0. The number of esters is 1. The third kappa shape index (κ3) is 4.79. The summed E-state index contributed by atoms with van der Waals surface area (Å²) in [7, 11) is -3.13. The van der Waals surface area contributed by atoms with Gasteiger partial charge in [-0.1, -0.05) is 109 Å². The van der Waals surface area contributed by atoms with E-state index in [4.69, 9.17) is 4.74 Å². The molecule has 0 bridgehead atoms. The van der Waals surface area contributed by atoms with E-state index in [2.05, 4.69) is 0 Å². The molecule has 1 aliphatic heterocycles. The molecule has 1 saturated heterocycles. The number of ether oxygens (including phenoxy) is 1. The lowest BCUT2D eigenvalue weighted by Gasteiger charge is -2.32. The molecule has 1 fully saturated rings. The highest BCUT2D eigenvalue weighted by Gasteiger charge is 2.57. The van der Waals surface area contributed by atoms with Crippen molar-refractivity contribution in [3.05, 3.63) is 138 Å². The first-order chi connectivity index (χ1) is 18.8. The minimum atomic E-state index is -4.37. The van der Waals surface area contributed by atoms with E-state index in [-0.39, 0.29) is 4.90 Å². The zero-order chi connectivity index (χ0) is 27.6. The fourth-order valence-electron chi connectivity index (χ4n) is 5.09. The summed E-state index contributed by atoms with van der Waals surface area (Å²) in [6.07, 6.45) is 0. The summed E-state index contributed by atoms with van der Waals surface area (Å²) in [5.41, 5.74) is 2.84. The van der Waals surface area contributed by atoms with Crippen molar-refractivity contribution in [1.29, 1.82) is 0 Å². The van der Waals surface area contributed by atoms with Crippen LogP contribution in [0, 0.1) is 6.92 Å². The SMILES string of the molecule is COC(=O)C1C(c2ccccc2)N(S(=O)(=O)c2ccc(C)cc2)C(=O)N1C(c1ccccc1)c1ccccc1. The van der Waals surface area contributed by atoms with Crippen LogP contribution in [0.2, 0.25) is 0 Å². The molecule has 0 radical (unpaired) electrons. The van der Waals surface area contributed by atoms with E-state index in [1.807, 2.05) is 67.6 Å². The summed E-state index contributed by atoms with van der Waals surface area (Å²) in [4.78, 5) is 29.3. The fourth-order valence-corrected chi connectivity index (χ4v) is 6.64. The molecule has 0 saturated carbocycles. The Kier molecular flexibility index (Phi) is 7.21. The first-order valence-electron chi connectivity index (χ1n) is 12.5. The van der Waals surface area contributed by atoms with Crippen LogP contribution in [-0.2, 0) is 19.6 Å².